The Balaban J connectivity index is 1.73. The van der Waals surface area contributed by atoms with Gasteiger partial charge in [0.15, 0.2) is 5.82 Å². The molecular weight excluding hydrogens is 276 g/mol. The molecule has 0 saturated carbocycles. The van der Waals surface area contributed by atoms with Gasteiger partial charge in [0.05, 0.1) is 0 Å². The van der Waals surface area contributed by atoms with Crippen LogP contribution in [0.2, 0.25) is 0 Å². The summed E-state index contributed by atoms with van der Waals surface area (Å²) in [6.45, 7) is 7.92. The van der Waals surface area contributed by atoms with Crippen molar-refractivity contribution < 1.29 is 4.74 Å². The lowest BCUT2D eigenvalue weighted by atomic mass is 9.80. The molecule has 1 spiro atoms. The van der Waals surface area contributed by atoms with Gasteiger partial charge in [0.2, 0.25) is 0 Å². The lowest BCUT2D eigenvalue weighted by molar-refractivity contribution is 0.0254. The quantitative estimate of drug-likeness (QED) is 0.810. The third kappa shape index (κ3) is 2.33. The van der Waals surface area contributed by atoms with Crippen LogP contribution in [-0.2, 0) is 4.74 Å². The fourth-order valence-electron chi connectivity index (χ4n) is 3.79. The molecule has 4 heterocycles. The van der Waals surface area contributed by atoms with Gasteiger partial charge in [-0.15, -0.1) is 0 Å². The van der Waals surface area contributed by atoms with Crippen molar-refractivity contribution in [2.75, 3.05) is 31.2 Å². The van der Waals surface area contributed by atoms with E-state index in [1.165, 1.54) is 19.3 Å². The molecule has 0 radical (unpaired) electrons. The van der Waals surface area contributed by atoms with Crippen molar-refractivity contribution in [1.29, 1.82) is 0 Å². The zero-order valence-corrected chi connectivity index (χ0v) is 13.3. The minimum atomic E-state index is 0.415. The van der Waals surface area contributed by atoms with Gasteiger partial charge in [-0.2, -0.15) is 0 Å². The summed E-state index contributed by atoms with van der Waals surface area (Å²) in [4.78, 5) is 16.2. The predicted molar refractivity (Wildman–Crippen MR) is 86.1 cm³/mol. The van der Waals surface area contributed by atoms with Crippen LogP contribution in [0.3, 0.4) is 0 Å². The van der Waals surface area contributed by atoms with Crippen molar-refractivity contribution in [3.05, 3.63) is 23.8 Å². The summed E-state index contributed by atoms with van der Waals surface area (Å²) in [6, 6.07) is 2.07. The molecule has 0 aromatic carbocycles. The Hall–Kier alpha value is -1.75. The van der Waals surface area contributed by atoms with E-state index in [4.69, 9.17) is 9.72 Å². The molecule has 0 bridgehead atoms. The third-order valence-corrected chi connectivity index (χ3v) is 5.09. The number of rotatable bonds is 1. The lowest BCUT2D eigenvalue weighted by Gasteiger charge is -2.33. The van der Waals surface area contributed by atoms with Gasteiger partial charge in [-0.25, -0.2) is 15.0 Å². The van der Waals surface area contributed by atoms with Gasteiger partial charge in [0.25, 0.3) is 0 Å². The maximum absolute atomic E-state index is 5.55. The molecule has 0 amide bonds. The Morgan fingerprint density at radius 1 is 1.14 bits per heavy atom. The van der Waals surface area contributed by atoms with Gasteiger partial charge in [-0.05, 0) is 44.6 Å². The van der Waals surface area contributed by atoms with Crippen LogP contribution >= 0.6 is 0 Å². The van der Waals surface area contributed by atoms with Crippen molar-refractivity contribution in [2.45, 2.75) is 33.1 Å². The molecule has 2 aromatic heterocycles. The molecule has 2 fully saturated rings. The number of nitrogens with zero attached hydrogens (tertiary/aromatic N) is 4. The molecule has 4 rings (SSSR count). The monoisotopic (exact) mass is 298 g/mol. The zero-order chi connectivity index (χ0) is 15.2. The van der Waals surface area contributed by atoms with Crippen LogP contribution in [-0.4, -0.2) is 41.3 Å². The number of pyridine rings is 1. The average Bonchev–Trinajstić information content (AvgIpc) is 2.91. The van der Waals surface area contributed by atoms with Crippen molar-refractivity contribution in [2.24, 2.45) is 5.41 Å². The first kappa shape index (κ1) is 13.9. The summed E-state index contributed by atoms with van der Waals surface area (Å²) >= 11 is 0. The second kappa shape index (κ2) is 5.16. The first-order valence-corrected chi connectivity index (χ1v) is 8.09. The van der Waals surface area contributed by atoms with E-state index in [1.54, 1.807) is 0 Å². The third-order valence-electron chi connectivity index (χ3n) is 5.09. The number of aromatic nitrogens is 3. The first-order valence-electron chi connectivity index (χ1n) is 8.09. The second-order valence-corrected chi connectivity index (χ2v) is 6.73. The van der Waals surface area contributed by atoms with E-state index in [0.717, 1.165) is 54.5 Å². The van der Waals surface area contributed by atoms with Gasteiger partial charge < -0.3 is 9.64 Å². The maximum Gasteiger partial charge on any atom is 0.155 e. The normalized spacial score (nSPS) is 20.9. The summed E-state index contributed by atoms with van der Waals surface area (Å²) in [5.74, 6) is 1.84. The molecule has 0 N–H and O–H groups in total. The zero-order valence-electron chi connectivity index (χ0n) is 13.3. The summed E-state index contributed by atoms with van der Waals surface area (Å²) in [5, 5.41) is 1.08. The van der Waals surface area contributed by atoms with Crippen molar-refractivity contribution in [1.82, 2.24) is 15.0 Å². The van der Waals surface area contributed by atoms with Gasteiger partial charge in [-0.3, -0.25) is 0 Å². The van der Waals surface area contributed by atoms with E-state index >= 15 is 0 Å². The highest BCUT2D eigenvalue weighted by Gasteiger charge is 2.40. The highest BCUT2D eigenvalue weighted by atomic mass is 16.5. The van der Waals surface area contributed by atoms with Crippen LogP contribution in [0.1, 0.15) is 30.8 Å². The van der Waals surface area contributed by atoms with Crippen LogP contribution in [0.4, 0.5) is 5.82 Å². The van der Waals surface area contributed by atoms with E-state index in [9.17, 15) is 0 Å². The fourth-order valence-corrected chi connectivity index (χ4v) is 3.79. The Labute approximate surface area is 130 Å². The van der Waals surface area contributed by atoms with Crippen LogP contribution in [0.15, 0.2) is 12.3 Å². The van der Waals surface area contributed by atoms with E-state index in [2.05, 4.69) is 20.9 Å². The lowest BCUT2D eigenvalue weighted by Crippen LogP contribution is -2.33. The van der Waals surface area contributed by atoms with Gasteiger partial charge >= 0.3 is 0 Å². The van der Waals surface area contributed by atoms with Crippen LogP contribution < -0.4 is 4.90 Å². The maximum atomic E-state index is 5.55. The molecule has 0 unspecified atom stereocenters. The van der Waals surface area contributed by atoms with Crippen LogP contribution in [0.5, 0.6) is 0 Å². The second-order valence-electron chi connectivity index (χ2n) is 6.73. The van der Waals surface area contributed by atoms with Gasteiger partial charge in [-0.1, -0.05) is 0 Å². The summed E-state index contributed by atoms with van der Waals surface area (Å²) < 4.78 is 5.55. The Morgan fingerprint density at radius 2 is 1.95 bits per heavy atom. The number of ether oxygens (including phenoxy) is 1. The molecule has 5 heteroatoms. The molecule has 22 heavy (non-hydrogen) atoms. The topological polar surface area (TPSA) is 51.1 Å². The number of hydrogen-bond donors (Lipinski definition) is 0. The highest BCUT2D eigenvalue weighted by molar-refractivity contribution is 5.88. The number of hydrogen-bond acceptors (Lipinski definition) is 5. The molecule has 5 nitrogen and oxygen atoms in total. The van der Waals surface area contributed by atoms with Gasteiger partial charge in [0.1, 0.15) is 11.3 Å². The molecular formula is C17H22N4O. The van der Waals surface area contributed by atoms with Crippen LogP contribution in [0, 0.1) is 19.3 Å². The van der Waals surface area contributed by atoms with Gasteiger partial charge in [0, 0.05) is 43.6 Å². The number of aryl methyl sites for hydroxylation is 2. The standard InChI is InChI=1S/C17H22N4O/c1-12-9-14-10-18-13(2)20-15(14)16(19-12)21-6-3-17(11-21)4-7-22-8-5-17/h9-10H,3-8,11H2,1-2H3. The van der Waals surface area contributed by atoms with Crippen molar-refractivity contribution >= 4 is 16.7 Å². The molecule has 116 valence electrons. The minimum Gasteiger partial charge on any atom is -0.381 e. The summed E-state index contributed by atoms with van der Waals surface area (Å²) in [7, 11) is 0. The van der Waals surface area contributed by atoms with E-state index in [1.807, 2.05) is 20.0 Å². The van der Waals surface area contributed by atoms with Crippen molar-refractivity contribution in [3.8, 4) is 0 Å². The molecule has 2 saturated heterocycles. The van der Waals surface area contributed by atoms with E-state index in [-0.39, 0.29) is 0 Å². The fraction of sp³-hybridized carbons (Fsp3) is 0.588. The highest BCUT2D eigenvalue weighted by Crippen LogP contribution is 2.42. The van der Waals surface area contributed by atoms with E-state index < -0.39 is 0 Å². The average molecular weight is 298 g/mol. The Bertz CT molecular complexity index is 709. The number of anilines is 1. The van der Waals surface area contributed by atoms with Crippen molar-refractivity contribution in [3.63, 3.8) is 0 Å². The summed E-state index contributed by atoms with van der Waals surface area (Å²) in [6.07, 6.45) is 5.48. The molecule has 0 atom stereocenters. The van der Waals surface area contributed by atoms with E-state index in [0.29, 0.717) is 5.41 Å². The van der Waals surface area contributed by atoms with Crippen LogP contribution in [0.25, 0.3) is 10.9 Å². The molecule has 2 aromatic rings. The Morgan fingerprint density at radius 3 is 2.77 bits per heavy atom. The molecule has 0 aliphatic carbocycles. The predicted octanol–water partition coefficient (Wildman–Crippen LogP) is 2.65. The SMILES string of the molecule is Cc1cc2cnc(C)nc2c(N2CCC3(CCOCC3)C2)n1. The largest absolute Gasteiger partial charge is 0.381 e. The molecule has 2 aliphatic rings. The first-order chi connectivity index (χ1) is 10.7. The smallest absolute Gasteiger partial charge is 0.155 e. The minimum absolute atomic E-state index is 0.415. The Kier molecular flexibility index (Phi) is 3.26. The summed E-state index contributed by atoms with van der Waals surface area (Å²) in [5.41, 5.74) is 2.43. The number of fused-ring (bicyclic) bond motifs is 1. The molecule has 2 aliphatic heterocycles.